The van der Waals surface area contributed by atoms with Crippen molar-refractivity contribution in [3.8, 4) is 0 Å². The van der Waals surface area contributed by atoms with E-state index < -0.39 is 5.60 Å². The fourth-order valence-electron chi connectivity index (χ4n) is 2.15. The molecule has 0 atom stereocenters. The van der Waals surface area contributed by atoms with Crippen LogP contribution in [0, 0.1) is 5.41 Å². The summed E-state index contributed by atoms with van der Waals surface area (Å²) in [5.41, 5.74) is -0.120. The molecule has 0 saturated carbocycles. The normalized spacial score (nSPS) is 13.0. The lowest BCUT2D eigenvalue weighted by Gasteiger charge is -2.29. The second-order valence-electron chi connectivity index (χ2n) is 5.64. The highest BCUT2D eigenvalue weighted by Gasteiger charge is 2.23. The predicted molar refractivity (Wildman–Crippen MR) is 77.1 cm³/mol. The maximum Gasteiger partial charge on any atom is 0.303 e. The van der Waals surface area contributed by atoms with Crippen LogP contribution in [0.1, 0.15) is 67.2 Å². The molecule has 0 radical (unpaired) electrons. The van der Waals surface area contributed by atoms with Gasteiger partial charge in [0.05, 0.1) is 6.54 Å². The molecule has 0 bridgehead atoms. The maximum absolute atomic E-state index is 10.9. The SMILES string of the molecule is CCC(CC)(CC)C/C=N/CC(C)(C)OC(C)=O. The summed E-state index contributed by atoms with van der Waals surface area (Å²) in [6.07, 6.45) is 6.55. The zero-order valence-corrected chi connectivity index (χ0v) is 12.9. The minimum absolute atomic E-state index is 0.250. The van der Waals surface area contributed by atoms with Crippen molar-refractivity contribution in [2.75, 3.05) is 6.54 Å². The predicted octanol–water partition coefficient (Wildman–Crippen LogP) is 4.01. The summed E-state index contributed by atoms with van der Waals surface area (Å²) in [5.74, 6) is -0.250. The number of rotatable bonds is 8. The van der Waals surface area contributed by atoms with Gasteiger partial charge in [0.15, 0.2) is 0 Å². The van der Waals surface area contributed by atoms with Crippen molar-refractivity contribution in [3.63, 3.8) is 0 Å². The number of esters is 1. The molecule has 0 saturated heterocycles. The molecule has 0 fully saturated rings. The van der Waals surface area contributed by atoms with E-state index in [1.807, 2.05) is 20.1 Å². The number of carbonyl (C=O) groups excluding carboxylic acids is 1. The van der Waals surface area contributed by atoms with Crippen LogP contribution < -0.4 is 0 Å². The van der Waals surface area contributed by atoms with Crippen molar-refractivity contribution in [2.45, 2.75) is 72.8 Å². The van der Waals surface area contributed by atoms with Gasteiger partial charge in [0.2, 0.25) is 0 Å². The topological polar surface area (TPSA) is 38.7 Å². The summed E-state index contributed by atoms with van der Waals surface area (Å²) in [4.78, 5) is 15.3. The first kappa shape index (κ1) is 17.1. The quantitative estimate of drug-likeness (QED) is 0.485. The molecule has 0 aromatic rings. The van der Waals surface area contributed by atoms with Crippen LogP contribution in [0.3, 0.4) is 0 Å². The third kappa shape index (κ3) is 6.18. The molecule has 0 rings (SSSR count). The molecule has 0 unspecified atom stereocenters. The largest absolute Gasteiger partial charge is 0.458 e. The van der Waals surface area contributed by atoms with E-state index in [0.717, 1.165) is 6.42 Å². The molecule has 0 aromatic carbocycles. The van der Waals surface area contributed by atoms with E-state index >= 15 is 0 Å². The Labute approximate surface area is 112 Å². The number of ether oxygens (including phenoxy) is 1. The van der Waals surface area contributed by atoms with E-state index in [2.05, 4.69) is 25.8 Å². The summed E-state index contributed by atoms with van der Waals surface area (Å²) in [6, 6.07) is 0. The van der Waals surface area contributed by atoms with Gasteiger partial charge in [-0.05, 0) is 31.9 Å². The van der Waals surface area contributed by atoms with Gasteiger partial charge >= 0.3 is 5.97 Å². The van der Waals surface area contributed by atoms with Crippen molar-refractivity contribution in [3.05, 3.63) is 0 Å². The third-order valence-electron chi connectivity index (χ3n) is 3.80. The molecule has 106 valence electrons. The van der Waals surface area contributed by atoms with E-state index in [9.17, 15) is 4.79 Å². The maximum atomic E-state index is 10.9. The minimum Gasteiger partial charge on any atom is -0.458 e. The van der Waals surface area contributed by atoms with Crippen LogP contribution >= 0.6 is 0 Å². The molecular weight excluding hydrogens is 226 g/mol. The summed E-state index contributed by atoms with van der Waals surface area (Å²) in [5, 5.41) is 0. The van der Waals surface area contributed by atoms with Gasteiger partial charge in [-0.25, -0.2) is 0 Å². The lowest BCUT2D eigenvalue weighted by atomic mass is 9.77. The van der Waals surface area contributed by atoms with E-state index in [4.69, 9.17) is 4.74 Å². The lowest BCUT2D eigenvalue weighted by Crippen LogP contribution is -2.30. The molecule has 18 heavy (non-hydrogen) atoms. The van der Waals surface area contributed by atoms with Crippen LogP contribution in [0.15, 0.2) is 4.99 Å². The van der Waals surface area contributed by atoms with Gasteiger partial charge in [-0.3, -0.25) is 9.79 Å². The van der Waals surface area contributed by atoms with Gasteiger partial charge < -0.3 is 4.74 Å². The molecule has 0 spiro atoms. The highest BCUT2D eigenvalue weighted by Crippen LogP contribution is 2.33. The molecule has 3 heteroatoms. The Balaban J connectivity index is 4.29. The van der Waals surface area contributed by atoms with Gasteiger partial charge in [0.1, 0.15) is 5.60 Å². The Morgan fingerprint density at radius 3 is 2.06 bits per heavy atom. The highest BCUT2D eigenvalue weighted by molar-refractivity contribution is 5.66. The number of hydrogen-bond acceptors (Lipinski definition) is 3. The van der Waals surface area contributed by atoms with Crippen LogP contribution in [0.4, 0.5) is 0 Å². The average Bonchev–Trinajstić information content (AvgIpc) is 2.29. The Kier molecular flexibility index (Phi) is 7.19. The van der Waals surface area contributed by atoms with E-state index in [1.165, 1.54) is 26.2 Å². The zero-order valence-electron chi connectivity index (χ0n) is 12.9. The smallest absolute Gasteiger partial charge is 0.303 e. The van der Waals surface area contributed by atoms with Crippen LogP contribution in [0.25, 0.3) is 0 Å². The molecule has 0 heterocycles. The Morgan fingerprint density at radius 2 is 1.67 bits per heavy atom. The molecule has 0 aliphatic rings. The number of nitrogens with zero attached hydrogens (tertiary/aromatic N) is 1. The number of hydrogen-bond donors (Lipinski definition) is 0. The molecule has 0 aromatic heterocycles. The van der Waals surface area contributed by atoms with Crippen LogP contribution in [0.2, 0.25) is 0 Å². The summed E-state index contributed by atoms with van der Waals surface area (Å²) in [7, 11) is 0. The van der Waals surface area contributed by atoms with Crippen molar-refractivity contribution in [1.82, 2.24) is 0 Å². The number of carbonyl (C=O) groups is 1. The fourth-order valence-corrected chi connectivity index (χ4v) is 2.15. The molecule has 0 aliphatic carbocycles. The van der Waals surface area contributed by atoms with Gasteiger partial charge in [-0.15, -0.1) is 0 Å². The monoisotopic (exact) mass is 255 g/mol. The summed E-state index contributed by atoms with van der Waals surface area (Å²) in [6.45, 7) is 12.5. The first-order valence-corrected chi connectivity index (χ1v) is 6.98. The van der Waals surface area contributed by atoms with Crippen LogP contribution in [0.5, 0.6) is 0 Å². The first-order chi connectivity index (χ1) is 8.31. The zero-order chi connectivity index (χ0) is 14.2. The summed E-state index contributed by atoms with van der Waals surface area (Å²) >= 11 is 0. The molecule has 0 amide bonds. The van der Waals surface area contributed by atoms with Crippen LogP contribution in [-0.4, -0.2) is 24.3 Å². The molecule has 3 nitrogen and oxygen atoms in total. The van der Waals surface area contributed by atoms with Crippen molar-refractivity contribution < 1.29 is 9.53 Å². The lowest BCUT2D eigenvalue weighted by molar-refractivity contribution is -0.152. The first-order valence-electron chi connectivity index (χ1n) is 6.98. The van der Waals surface area contributed by atoms with E-state index in [0.29, 0.717) is 12.0 Å². The average molecular weight is 255 g/mol. The van der Waals surface area contributed by atoms with Crippen LogP contribution in [-0.2, 0) is 9.53 Å². The van der Waals surface area contributed by atoms with Gasteiger partial charge in [-0.1, -0.05) is 40.0 Å². The summed E-state index contributed by atoms with van der Waals surface area (Å²) < 4.78 is 5.20. The number of aliphatic imine (C=N–C) groups is 1. The minimum atomic E-state index is -0.504. The Morgan fingerprint density at radius 1 is 1.17 bits per heavy atom. The van der Waals surface area contributed by atoms with E-state index in [1.54, 1.807) is 0 Å². The van der Waals surface area contributed by atoms with Gasteiger partial charge in [-0.2, -0.15) is 0 Å². The van der Waals surface area contributed by atoms with Crippen molar-refractivity contribution >= 4 is 12.2 Å². The standard InChI is InChI=1S/C15H29NO2/c1-7-15(8-2,9-3)10-11-16-12-14(5,6)18-13(4)17/h11H,7-10,12H2,1-6H3/b16-11+. The molecule has 0 N–H and O–H groups in total. The van der Waals surface area contributed by atoms with E-state index in [-0.39, 0.29) is 5.97 Å². The second-order valence-corrected chi connectivity index (χ2v) is 5.64. The van der Waals surface area contributed by atoms with Crippen molar-refractivity contribution in [1.29, 1.82) is 0 Å². The van der Waals surface area contributed by atoms with Gasteiger partial charge in [0.25, 0.3) is 0 Å². The Bertz CT molecular complexity index is 270. The fraction of sp³-hybridized carbons (Fsp3) is 0.867. The Hall–Kier alpha value is -0.860. The van der Waals surface area contributed by atoms with Gasteiger partial charge in [0, 0.05) is 6.92 Å². The van der Waals surface area contributed by atoms with Crippen molar-refractivity contribution in [2.24, 2.45) is 10.4 Å². The second kappa shape index (κ2) is 7.55. The highest BCUT2D eigenvalue weighted by atomic mass is 16.6. The third-order valence-corrected chi connectivity index (χ3v) is 3.80. The molecule has 0 aliphatic heterocycles. The molecular formula is C15H29NO2.